The van der Waals surface area contributed by atoms with Crippen LogP contribution in [0.1, 0.15) is 19.4 Å². The van der Waals surface area contributed by atoms with Gasteiger partial charge in [-0.15, -0.1) is 0 Å². The van der Waals surface area contributed by atoms with Crippen molar-refractivity contribution in [3.63, 3.8) is 0 Å². The van der Waals surface area contributed by atoms with Crippen molar-refractivity contribution in [1.82, 2.24) is 0 Å². The average Bonchev–Trinajstić information content (AvgIpc) is 2.70. The molecule has 0 heterocycles. The predicted octanol–water partition coefficient (Wildman–Crippen LogP) is 4.39. The first kappa shape index (κ1) is 21.1. The molecule has 0 radical (unpaired) electrons. The fraction of sp³-hybridized carbons (Fsp3) is 0.190. The second-order valence-electron chi connectivity index (χ2n) is 5.49. The molecule has 0 aliphatic heterocycles. The van der Waals surface area contributed by atoms with Crippen molar-refractivity contribution in [2.24, 2.45) is 4.99 Å². The highest BCUT2D eigenvalue weighted by Gasteiger charge is 2.16. The molecule has 0 amide bonds. The van der Waals surface area contributed by atoms with Gasteiger partial charge >= 0.3 is 5.97 Å². The molecule has 0 unspecified atom stereocenters. The molecule has 28 heavy (non-hydrogen) atoms. The maximum atomic E-state index is 12.2. The van der Waals surface area contributed by atoms with Gasteiger partial charge in [-0.2, -0.15) is 0 Å². The lowest BCUT2D eigenvalue weighted by molar-refractivity contribution is -0.137. The zero-order valence-electron chi connectivity index (χ0n) is 15.7. The van der Waals surface area contributed by atoms with E-state index >= 15 is 0 Å². The second-order valence-corrected chi connectivity index (χ2v) is 5.88. The zero-order chi connectivity index (χ0) is 20.4. The molecular formula is C21H22N2O4S. The van der Waals surface area contributed by atoms with Crippen molar-refractivity contribution in [3.8, 4) is 5.75 Å². The fourth-order valence-electron chi connectivity index (χ4n) is 2.25. The van der Waals surface area contributed by atoms with Crippen LogP contribution in [0.2, 0.25) is 0 Å². The summed E-state index contributed by atoms with van der Waals surface area (Å²) in [7, 11) is 0. The van der Waals surface area contributed by atoms with Crippen LogP contribution >= 0.6 is 12.2 Å². The molecule has 2 aromatic carbocycles. The van der Waals surface area contributed by atoms with Crippen LogP contribution in [-0.2, 0) is 9.53 Å². The number of ether oxygens (including phenoxy) is 2. The van der Waals surface area contributed by atoms with Crippen LogP contribution in [0.15, 0.2) is 65.2 Å². The van der Waals surface area contributed by atoms with Crippen molar-refractivity contribution in [3.05, 3.63) is 65.7 Å². The standard InChI is InChI=1S/C21H22N2O4S/c1-3-26-17-12-10-16(11-13-17)23-21(28)22-14-18(20(25)27-4-2)19(24)15-8-6-5-7-9-15/h5-14,24H,3-4H2,1-2H3,(H,23,28)/b19-18-,22-14+. The Bertz CT molecular complexity index is 862. The van der Waals surface area contributed by atoms with E-state index in [1.165, 1.54) is 6.21 Å². The Labute approximate surface area is 169 Å². The molecular weight excluding hydrogens is 376 g/mol. The topological polar surface area (TPSA) is 80.2 Å². The molecule has 0 spiro atoms. The van der Waals surface area contributed by atoms with E-state index in [0.29, 0.717) is 12.2 Å². The van der Waals surface area contributed by atoms with E-state index in [2.05, 4.69) is 10.3 Å². The Morgan fingerprint density at radius 3 is 2.39 bits per heavy atom. The molecule has 7 heteroatoms. The van der Waals surface area contributed by atoms with Crippen LogP contribution in [0, 0.1) is 0 Å². The third-order valence-electron chi connectivity index (χ3n) is 3.53. The average molecular weight is 398 g/mol. The summed E-state index contributed by atoms with van der Waals surface area (Å²) in [5.41, 5.74) is 1.12. The summed E-state index contributed by atoms with van der Waals surface area (Å²) < 4.78 is 10.4. The number of rotatable bonds is 7. The van der Waals surface area contributed by atoms with Gasteiger partial charge in [0.2, 0.25) is 0 Å². The first-order chi connectivity index (χ1) is 13.5. The monoisotopic (exact) mass is 398 g/mol. The number of aliphatic hydroxyl groups excluding tert-OH is 1. The number of anilines is 1. The van der Waals surface area contributed by atoms with Crippen molar-refractivity contribution in [2.45, 2.75) is 13.8 Å². The van der Waals surface area contributed by atoms with Crippen LogP contribution in [0.4, 0.5) is 5.69 Å². The number of aliphatic imine (C=N–C) groups is 1. The molecule has 2 rings (SSSR count). The van der Waals surface area contributed by atoms with E-state index in [9.17, 15) is 9.90 Å². The fourth-order valence-corrected chi connectivity index (χ4v) is 2.42. The SMILES string of the molecule is CCOC(=O)C(/C=N/C(=S)Nc1ccc(OCC)cc1)=C(\O)c1ccccc1. The van der Waals surface area contributed by atoms with Gasteiger partial charge in [0.05, 0.1) is 13.2 Å². The normalized spacial score (nSPS) is 11.6. The first-order valence-corrected chi connectivity index (χ1v) is 9.19. The van der Waals surface area contributed by atoms with Crippen LogP contribution in [-0.4, -0.2) is 35.6 Å². The van der Waals surface area contributed by atoms with Crippen LogP contribution in [0.5, 0.6) is 5.75 Å². The van der Waals surface area contributed by atoms with E-state index in [1.807, 2.05) is 25.1 Å². The Kier molecular flexibility index (Phi) is 8.17. The maximum Gasteiger partial charge on any atom is 0.343 e. The minimum Gasteiger partial charge on any atom is -0.506 e. The highest BCUT2D eigenvalue weighted by atomic mass is 32.1. The molecule has 6 nitrogen and oxygen atoms in total. The highest BCUT2D eigenvalue weighted by Crippen LogP contribution is 2.17. The van der Waals surface area contributed by atoms with Crippen LogP contribution < -0.4 is 10.1 Å². The van der Waals surface area contributed by atoms with Gasteiger partial charge in [0.15, 0.2) is 5.11 Å². The minimum absolute atomic E-state index is 0.0797. The molecule has 146 valence electrons. The Balaban J connectivity index is 2.17. The maximum absolute atomic E-state index is 12.2. The summed E-state index contributed by atoms with van der Waals surface area (Å²) in [6.45, 7) is 4.36. The van der Waals surface area contributed by atoms with E-state index in [0.717, 1.165) is 11.4 Å². The first-order valence-electron chi connectivity index (χ1n) is 8.78. The molecule has 0 atom stereocenters. The minimum atomic E-state index is -0.684. The van der Waals surface area contributed by atoms with E-state index in [-0.39, 0.29) is 23.1 Å². The van der Waals surface area contributed by atoms with E-state index in [1.54, 1.807) is 43.3 Å². The summed E-state index contributed by atoms with van der Waals surface area (Å²) >= 11 is 5.20. The number of carbonyl (C=O) groups is 1. The molecule has 0 bridgehead atoms. The molecule has 2 N–H and O–H groups in total. The van der Waals surface area contributed by atoms with Gasteiger partial charge in [0.1, 0.15) is 17.1 Å². The second kappa shape index (κ2) is 10.8. The lowest BCUT2D eigenvalue weighted by Gasteiger charge is -2.08. The number of esters is 1. The summed E-state index contributed by atoms with van der Waals surface area (Å²) in [5.74, 6) is -0.161. The quantitative estimate of drug-likeness (QED) is 0.237. The molecule has 0 aliphatic carbocycles. The third kappa shape index (κ3) is 6.21. The van der Waals surface area contributed by atoms with Gasteiger partial charge in [-0.3, -0.25) is 0 Å². The summed E-state index contributed by atoms with van der Waals surface area (Å²) in [4.78, 5) is 16.3. The van der Waals surface area contributed by atoms with Gasteiger partial charge in [0.25, 0.3) is 0 Å². The van der Waals surface area contributed by atoms with Crippen molar-refractivity contribution in [1.29, 1.82) is 0 Å². The molecule has 0 saturated carbocycles. The van der Waals surface area contributed by atoms with Crippen LogP contribution in [0.3, 0.4) is 0 Å². The molecule has 0 aromatic heterocycles. The van der Waals surface area contributed by atoms with Crippen LogP contribution in [0.25, 0.3) is 5.76 Å². The smallest absolute Gasteiger partial charge is 0.343 e. The zero-order valence-corrected chi connectivity index (χ0v) is 16.5. The Morgan fingerprint density at radius 1 is 1.11 bits per heavy atom. The lowest BCUT2D eigenvalue weighted by Crippen LogP contribution is -2.13. The number of nitrogens with zero attached hydrogens (tertiary/aromatic N) is 1. The molecule has 0 fully saturated rings. The highest BCUT2D eigenvalue weighted by molar-refractivity contribution is 7.80. The third-order valence-corrected chi connectivity index (χ3v) is 3.73. The van der Waals surface area contributed by atoms with Gasteiger partial charge in [-0.1, -0.05) is 30.3 Å². The number of hydrogen-bond donors (Lipinski definition) is 2. The lowest BCUT2D eigenvalue weighted by atomic mass is 10.1. The summed E-state index contributed by atoms with van der Waals surface area (Å²) in [6, 6.07) is 15.9. The number of benzene rings is 2. The number of thiocarbonyl (C=S) groups is 1. The summed E-state index contributed by atoms with van der Waals surface area (Å²) in [5, 5.41) is 13.5. The summed E-state index contributed by atoms with van der Waals surface area (Å²) in [6.07, 6.45) is 1.20. The van der Waals surface area contributed by atoms with Crippen molar-refractivity contribution < 1.29 is 19.4 Å². The largest absolute Gasteiger partial charge is 0.506 e. The van der Waals surface area contributed by atoms with Gasteiger partial charge in [-0.05, 0) is 50.3 Å². The number of nitrogens with one attached hydrogen (secondary N) is 1. The molecule has 0 aliphatic rings. The van der Waals surface area contributed by atoms with E-state index < -0.39 is 5.97 Å². The Morgan fingerprint density at radius 2 is 1.79 bits per heavy atom. The molecule has 0 saturated heterocycles. The molecule has 2 aromatic rings. The number of aliphatic hydroxyl groups is 1. The number of carbonyl (C=O) groups excluding carboxylic acids is 1. The van der Waals surface area contributed by atoms with Crippen molar-refractivity contribution >= 4 is 41.0 Å². The number of hydrogen-bond acceptors (Lipinski definition) is 5. The van der Waals surface area contributed by atoms with Crippen molar-refractivity contribution in [2.75, 3.05) is 18.5 Å². The van der Waals surface area contributed by atoms with Gasteiger partial charge in [0, 0.05) is 17.5 Å². The van der Waals surface area contributed by atoms with Gasteiger partial charge in [-0.25, -0.2) is 9.79 Å². The predicted molar refractivity (Wildman–Crippen MR) is 115 cm³/mol. The van der Waals surface area contributed by atoms with Gasteiger partial charge < -0.3 is 19.9 Å². The van der Waals surface area contributed by atoms with E-state index in [4.69, 9.17) is 21.7 Å². The Hall–Kier alpha value is -3.19.